The van der Waals surface area contributed by atoms with Gasteiger partial charge in [0, 0.05) is 6.54 Å². The lowest BCUT2D eigenvalue weighted by Crippen LogP contribution is -2.48. The highest BCUT2D eigenvalue weighted by Crippen LogP contribution is 2.32. The summed E-state index contributed by atoms with van der Waals surface area (Å²) in [4.78, 5) is 34.8. The van der Waals surface area contributed by atoms with Gasteiger partial charge in [0.1, 0.15) is 11.9 Å². The van der Waals surface area contributed by atoms with Gasteiger partial charge in [-0.25, -0.2) is 9.78 Å². The van der Waals surface area contributed by atoms with Crippen molar-refractivity contribution in [3.8, 4) is 22.4 Å². The second-order valence-electron chi connectivity index (χ2n) is 8.29. The van der Waals surface area contributed by atoms with Gasteiger partial charge in [-0.3, -0.25) is 4.79 Å². The summed E-state index contributed by atoms with van der Waals surface area (Å²) in [5.41, 5.74) is 4.30. The molecule has 33 heavy (non-hydrogen) atoms. The van der Waals surface area contributed by atoms with Crippen molar-refractivity contribution >= 4 is 12.0 Å². The lowest BCUT2D eigenvalue weighted by molar-refractivity contribution is -0.134. The van der Waals surface area contributed by atoms with Crippen molar-refractivity contribution in [2.24, 2.45) is 0 Å². The van der Waals surface area contributed by atoms with Gasteiger partial charge < -0.3 is 19.9 Å². The van der Waals surface area contributed by atoms with Crippen molar-refractivity contribution in [1.82, 2.24) is 20.2 Å². The minimum atomic E-state index is -0.594. The van der Waals surface area contributed by atoms with Gasteiger partial charge in [-0.1, -0.05) is 67.9 Å². The number of benzene rings is 2. The van der Waals surface area contributed by atoms with Crippen LogP contribution in [0.5, 0.6) is 0 Å². The van der Waals surface area contributed by atoms with Crippen molar-refractivity contribution < 1.29 is 14.3 Å². The molecule has 1 aliphatic rings. The molecule has 2 amide bonds. The predicted octanol–water partition coefficient (Wildman–Crippen LogP) is 4.93. The number of carbonyl (C=O) groups is 2. The van der Waals surface area contributed by atoms with Crippen LogP contribution in [0.2, 0.25) is 0 Å². The fourth-order valence-electron chi connectivity index (χ4n) is 4.39. The number of H-pyrrole nitrogens is 1. The minimum absolute atomic E-state index is 0.0880. The number of amides is 2. The van der Waals surface area contributed by atoms with Crippen LogP contribution in [0.1, 0.15) is 44.5 Å². The first-order valence-electron chi connectivity index (χ1n) is 11.5. The number of nitrogens with one attached hydrogen (secondary N) is 2. The Balaban J connectivity index is 1.50. The van der Waals surface area contributed by atoms with Gasteiger partial charge in [0.2, 0.25) is 5.91 Å². The molecule has 172 valence electrons. The van der Waals surface area contributed by atoms with Gasteiger partial charge in [0.25, 0.3) is 0 Å². The second-order valence-corrected chi connectivity index (χ2v) is 8.29. The van der Waals surface area contributed by atoms with Crippen LogP contribution in [-0.2, 0) is 9.53 Å². The molecule has 0 spiro atoms. The van der Waals surface area contributed by atoms with Crippen molar-refractivity contribution in [2.75, 3.05) is 13.7 Å². The van der Waals surface area contributed by atoms with Crippen molar-refractivity contribution in [1.29, 1.82) is 0 Å². The van der Waals surface area contributed by atoms with Gasteiger partial charge in [0.05, 0.1) is 25.0 Å². The van der Waals surface area contributed by atoms with Crippen LogP contribution in [0.25, 0.3) is 22.4 Å². The third-order valence-corrected chi connectivity index (χ3v) is 6.10. The summed E-state index contributed by atoms with van der Waals surface area (Å²) in [6.45, 7) is 2.64. The highest BCUT2D eigenvalue weighted by molar-refractivity contribution is 5.86. The quantitative estimate of drug-likeness (QED) is 0.539. The summed E-state index contributed by atoms with van der Waals surface area (Å²) in [6.07, 6.45) is 4.32. The Kier molecular flexibility index (Phi) is 7.07. The van der Waals surface area contributed by atoms with E-state index in [1.807, 2.05) is 36.2 Å². The Labute approximate surface area is 194 Å². The molecule has 1 aromatic heterocycles. The average molecular weight is 447 g/mol. The molecule has 2 heterocycles. The van der Waals surface area contributed by atoms with Crippen LogP contribution in [0.4, 0.5) is 4.79 Å². The molecule has 0 bridgehead atoms. The first kappa shape index (κ1) is 22.6. The molecule has 2 aromatic carbocycles. The topological polar surface area (TPSA) is 87.3 Å². The number of imidazole rings is 1. The molecule has 3 aromatic rings. The molecule has 2 N–H and O–H groups in total. The van der Waals surface area contributed by atoms with Crippen molar-refractivity contribution in [2.45, 2.75) is 44.7 Å². The summed E-state index contributed by atoms with van der Waals surface area (Å²) < 4.78 is 4.70. The molecule has 0 unspecified atom stereocenters. The normalized spacial score (nSPS) is 16.4. The minimum Gasteiger partial charge on any atom is -0.453 e. The molecule has 7 nitrogen and oxygen atoms in total. The monoisotopic (exact) mass is 446 g/mol. The van der Waals surface area contributed by atoms with Crippen molar-refractivity contribution in [3.05, 3.63) is 66.6 Å². The van der Waals surface area contributed by atoms with E-state index in [0.29, 0.717) is 13.0 Å². The molecular formula is C26H30N4O3. The Hall–Kier alpha value is -3.61. The van der Waals surface area contributed by atoms with E-state index >= 15 is 0 Å². The molecule has 1 fully saturated rings. The number of carbonyl (C=O) groups excluding carboxylic acids is 2. The largest absolute Gasteiger partial charge is 0.453 e. The van der Waals surface area contributed by atoms with Crippen molar-refractivity contribution in [3.63, 3.8) is 0 Å². The Morgan fingerprint density at radius 2 is 1.82 bits per heavy atom. The molecule has 0 aliphatic carbocycles. The number of hydrogen-bond donors (Lipinski definition) is 2. The summed E-state index contributed by atoms with van der Waals surface area (Å²) in [5.74, 6) is 0.686. The summed E-state index contributed by atoms with van der Waals surface area (Å²) >= 11 is 0. The maximum absolute atomic E-state index is 13.2. The number of hydrogen-bond acceptors (Lipinski definition) is 4. The van der Waals surface area contributed by atoms with E-state index in [1.165, 1.54) is 12.7 Å². The molecule has 4 rings (SSSR count). The van der Waals surface area contributed by atoms with E-state index in [9.17, 15) is 9.59 Å². The molecule has 1 saturated heterocycles. The zero-order valence-electron chi connectivity index (χ0n) is 19.1. The molecule has 0 radical (unpaired) electrons. The SMILES string of the molecule is CCC[C@H](NC(=O)OC)C(=O)N1CCC[C@H]1c1ncc(-c2ccc(-c3ccccc3)cc2)[nH]1. The van der Waals surface area contributed by atoms with Crippen LogP contribution in [0, 0.1) is 0 Å². The van der Waals surface area contributed by atoms with Gasteiger partial charge in [-0.15, -0.1) is 0 Å². The first-order valence-corrected chi connectivity index (χ1v) is 11.5. The number of methoxy groups -OCH3 is 1. The Morgan fingerprint density at radius 3 is 2.52 bits per heavy atom. The number of nitrogens with zero attached hydrogens (tertiary/aromatic N) is 2. The maximum atomic E-state index is 13.2. The molecule has 7 heteroatoms. The van der Waals surface area contributed by atoms with E-state index in [4.69, 9.17) is 4.74 Å². The van der Waals surface area contributed by atoms with Gasteiger partial charge >= 0.3 is 6.09 Å². The molecule has 1 aliphatic heterocycles. The van der Waals surface area contributed by atoms with Gasteiger partial charge in [0.15, 0.2) is 0 Å². The highest BCUT2D eigenvalue weighted by Gasteiger charge is 2.36. The molecule has 2 atom stereocenters. The van der Waals surface area contributed by atoms with E-state index < -0.39 is 12.1 Å². The fourth-order valence-corrected chi connectivity index (χ4v) is 4.39. The number of rotatable bonds is 7. The zero-order chi connectivity index (χ0) is 23.2. The lowest BCUT2D eigenvalue weighted by Gasteiger charge is -2.28. The van der Waals surface area contributed by atoms with Crippen LogP contribution in [0.3, 0.4) is 0 Å². The number of aromatic amines is 1. The van der Waals surface area contributed by atoms with Crippen LogP contribution >= 0.6 is 0 Å². The average Bonchev–Trinajstić information content (AvgIpc) is 3.54. The number of alkyl carbamates (subject to hydrolysis) is 1. The maximum Gasteiger partial charge on any atom is 0.407 e. The second kappa shape index (κ2) is 10.3. The fraction of sp³-hybridized carbons (Fsp3) is 0.346. The summed E-state index contributed by atoms with van der Waals surface area (Å²) in [6, 6.07) is 17.9. The van der Waals surface area contributed by atoms with E-state index in [1.54, 1.807) is 0 Å². The van der Waals surface area contributed by atoms with Crippen LogP contribution < -0.4 is 5.32 Å². The lowest BCUT2D eigenvalue weighted by atomic mass is 10.0. The Morgan fingerprint density at radius 1 is 1.12 bits per heavy atom. The third-order valence-electron chi connectivity index (χ3n) is 6.10. The number of likely N-dealkylation sites (tertiary alicyclic amines) is 1. The molecular weight excluding hydrogens is 416 g/mol. The van der Waals surface area contributed by atoms with Gasteiger partial charge in [-0.05, 0) is 36.0 Å². The Bertz CT molecular complexity index is 1080. The summed E-state index contributed by atoms with van der Waals surface area (Å²) in [5, 5.41) is 2.68. The summed E-state index contributed by atoms with van der Waals surface area (Å²) in [7, 11) is 1.30. The smallest absolute Gasteiger partial charge is 0.407 e. The standard InChI is InChI=1S/C26H30N4O3/c1-3-8-21(29-26(32)33-2)25(31)30-16-7-11-23(30)24-27-17-22(28-24)20-14-12-19(13-15-20)18-9-5-4-6-10-18/h4-6,9-10,12-15,17,21,23H,3,7-8,11,16H2,1-2H3,(H,27,28)(H,29,32)/t21-,23-/m0/s1. The van der Waals surface area contributed by atoms with E-state index in [-0.39, 0.29) is 11.9 Å². The highest BCUT2D eigenvalue weighted by atomic mass is 16.5. The zero-order valence-corrected chi connectivity index (χ0v) is 19.1. The first-order chi connectivity index (χ1) is 16.1. The van der Waals surface area contributed by atoms with Crippen LogP contribution in [0.15, 0.2) is 60.8 Å². The number of ether oxygens (including phenoxy) is 1. The number of aromatic nitrogens is 2. The predicted molar refractivity (Wildman–Crippen MR) is 127 cm³/mol. The molecule has 0 saturated carbocycles. The third kappa shape index (κ3) is 5.08. The van der Waals surface area contributed by atoms with E-state index in [0.717, 1.165) is 41.9 Å². The van der Waals surface area contributed by atoms with Gasteiger partial charge in [-0.2, -0.15) is 0 Å². The van der Waals surface area contributed by atoms with E-state index in [2.05, 4.69) is 51.7 Å². The van der Waals surface area contributed by atoms with Crippen LogP contribution in [-0.4, -0.2) is 46.6 Å².